The zero-order valence-electron chi connectivity index (χ0n) is 10.2. The van der Waals surface area contributed by atoms with E-state index < -0.39 is 0 Å². The Hall–Kier alpha value is -1.64. The van der Waals surface area contributed by atoms with Gasteiger partial charge < -0.3 is 0 Å². The molecule has 3 nitrogen and oxygen atoms in total. The zero-order valence-corrected chi connectivity index (χ0v) is 10.2. The molecule has 0 aromatic heterocycles. The summed E-state index contributed by atoms with van der Waals surface area (Å²) in [4.78, 5) is 22.6. The number of hydrogen-bond acceptors (Lipinski definition) is 2. The summed E-state index contributed by atoms with van der Waals surface area (Å²) in [7, 11) is 0. The van der Waals surface area contributed by atoms with Crippen molar-refractivity contribution in [3.63, 3.8) is 0 Å². The molecular formula is C14H17NO2. The van der Waals surface area contributed by atoms with Crippen LogP contribution in [0.4, 0.5) is 0 Å². The number of amides is 2. The summed E-state index contributed by atoms with van der Waals surface area (Å²) in [5, 5.41) is 2.33. The summed E-state index contributed by atoms with van der Waals surface area (Å²) in [5.41, 5.74) is 2.20. The molecule has 0 bridgehead atoms. The molecule has 17 heavy (non-hydrogen) atoms. The summed E-state index contributed by atoms with van der Waals surface area (Å²) in [6.45, 7) is 4.36. The first-order valence-electron chi connectivity index (χ1n) is 5.99. The third kappa shape index (κ3) is 2.73. The van der Waals surface area contributed by atoms with E-state index in [1.807, 2.05) is 24.3 Å². The van der Waals surface area contributed by atoms with Crippen LogP contribution in [-0.2, 0) is 16.0 Å². The van der Waals surface area contributed by atoms with Crippen molar-refractivity contribution in [1.29, 1.82) is 0 Å². The Balaban J connectivity index is 2.13. The molecule has 0 aliphatic carbocycles. The van der Waals surface area contributed by atoms with Gasteiger partial charge in [-0.3, -0.25) is 14.9 Å². The number of carbonyl (C=O) groups is 2. The second kappa shape index (κ2) is 4.70. The number of nitrogens with one attached hydrogen (secondary N) is 1. The van der Waals surface area contributed by atoms with E-state index in [0.29, 0.717) is 5.92 Å². The zero-order chi connectivity index (χ0) is 12.4. The smallest absolute Gasteiger partial charge is 0.234 e. The molecule has 2 amide bonds. The Kier molecular flexibility index (Phi) is 3.27. The van der Waals surface area contributed by atoms with Crippen LogP contribution in [0.15, 0.2) is 24.3 Å². The molecule has 1 heterocycles. The molecular weight excluding hydrogens is 214 g/mol. The van der Waals surface area contributed by atoms with Gasteiger partial charge in [0.2, 0.25) is 11.8 Å². The normalized spacial score (nSPS) is 19.8. The fourth-order valence-electron chi connectivity index (χ4n) is 2.18. The number of carbonyl (C=O) groups excluding carboxylic acids is 2. The van der Waals surface area contributed by atoms with Gasteiger partial charge in [-0.1, -0.05) is 38.1 Å². The van der Waals surface area contributed by atoms with Gasteiger partial charge in [-0.15, -0.1) is 0 Å². The lowest BCUT2D eigenvalue weighted by Gasteiger charge is -2.09. The van der Waals surface area contributed by atoms with Crippen LogP contribution < -0.4 is 5.32 Å². The van der Waals surface area contributed by atoms with E-state index in [9.17, 15) is 9.59 Å². The van der Waals surface area contributed by atoms with Gasteiger partial charge in [-0.25, -0.2) is 0 Å². The average molecular weight is 231 g/mol. The largest absolute Gasteiger partial charge is 0.296 e. The number of rotatable bonds is 3. The van der Waals surface area contributed by atoms with Crippen LogP contribution in [0.5, 0.6) is 0 Å². The monoisotopic (exact) mass is 231 g/mol. The van der Waals surface area contributed by atoms with Crippen molar-refractivity contribution in [3.05, 3.63) is 35.4 Å². The van der Waals surface area contributed by atoms with E-state index in [4.69, 9.17) is 0 Å². The summed E-state index contributed by atoms with van der Waals surface area (Å²) in [6.07, 6.45) is 1.32. The van der Waals surface area contributed by atoms with Gasteiger partial charge in [0.25, 0.3) is 0 Å². The lowest BCUT2D eigenvalue weighted by atomic mass is 9.94. The van der Waals surface area contributed by atoms with Crippen LogP contribution >= 0.6 is 0 Å². The highest BCUT2D eigenvalue weighted by Gasteiger charge is 2.31. The molecule has 1 atom stereocenters. The predicted octanol–water partition coefficient (Wildman–Crippen LogP) is 2.02. The third-order valence-corrected chi connectivity index (χ3v) is 2.99. The van der Waals surface area contributed by atoms with Crippen molar-refractivity contribution in [2.45, 2.75) is 32.6 Å². The third-order valence-electron chi connectivity index (χ3n) is 2.99. The summed E-state index contributed by atoms with van der Waals surface area (Å²) < 4.78 is 0. The van der Waals surface area contributed by atoms with Gasteiger partial charge in [0.05, 0.1) is 5.92 Å². The molecule has 1 fully saturated rings. The Morgan fingerprint density at radius 2 is 1.88 bits per heavy atom. The molecule has 0 spiro atoms. The predicted molar refractivity (Wildman–Crippen MR) is 65.5 cm³/mol. The van der Waals surface area contributed by atoms with Crippen LogP contribution in [0.2, 0.25) is 0 Å². The van der Waals surface area contributed by atoms with Gasteiger partial charge in [0, 0.05) is 6.42 Å². The lowest BCUT2D eigenvalue weighted by molar-refractivity contribution is -0.125. The summed E-state index contributed by atoms with van der Waals surface area (Å²) >= 11 is 0. The number of benzene rings is 1. The second-order valence-corrected chi connectivity index (χ2v) is 5.01. The molecule has 1 unspecified atom stereocenters. The molecule has 0 radical (unpaired) electrons. The van der Waals surface area contributed by atoms with Gasteiger partial charge >= 0.3 is 0 Å². The van der Waals surface area contributed by atoms with Crippen molar-refractivity contribution < 1.29 is 9.59 Å². The van der Waals surface area contributed by atoms with E-state index in [0.717, 1.165) is 12.0 Å². The molecule has 1 aromatic carbocycles. The van der Waals surface area contributed by atoms with Crippen molar-refractivity contribution >= 4 is 11.8 Å². The molecule has 1 N–H and O–H groups in total. The average Bonchev–Trinajstić information content (AvgIpc) is 2.58. The lowest BCUT2D eigenvalue weighted by Crippen LogP contribution is -2.21. The van der Waals surface area contributed by atoms with Gasteiger partial charge in [-0.2, -0.15) is 0 Å². The summed E-state index contributed by atoms with van der Waals surface area (Å²) in [6, 6.07) is 8.01. The first-order valence-corrected chi connectivity index (χ1v) is 5.99. The van der Waals surface area contributed by atoms with Gasteiger partial charge in [0.15, 0.2) is 0 Å². The minimum Gasteiger partial charge on any atom is -0.296 e. The van der Waals surface area contributed by atoms with E-state index >= 15 is 0 Å². The van der Waals surface area contributed by atoms with Gasteiger partial charge in [-0.05, 0) is 23.5 Å². The first-order chi connectivity index (χ1) is 8.06. The highest BCUT2D eigenvalue weighted by molar-refractivity contribution is 6.06. The molecule has 3 heteroatoms. The molecule has 1 saturated heterocycles. The Morgan fingerprint density at radius 3 is 2.35 bits per heavy atom. The second-order valence-electron chi connectivity index (χ2n) is 5.01. The van der Waals surface area contributed by atoms with Crippen molar-refractivity contribution in [2.75, 3.05) is 0 Å². The molecule has 1 aliphatic rings. The molecule has 1 aliphatic heterocycles. The fraction of sp³-hybridized carbons (Fsp3) is 0.429. The van der Waals surface area contributed by atoms with Crippen molar-refractivity contribution in [1.82, 2.24) is 5.32 Å². The molecule has 2 rings (SSSR count). The maximum absolute atomic E-state index is 11.5. The number of imide groups is 1. The quantitative estimate of drug-likeness (QED) is 0.809. The Morgan fingerprint density at radius 1 is 1.24 bits per heavy atom. The Labute approximate surface area is 101 Å². The standard InChI is InChI=1S/C14H17NO2/c1-9(2)7-10-3-5-11(6-4-10)12-8-13(16)15-14(12)17/h3-6,9,12H,7-8H2,1-2H3,(H,15,16,17). The topological polar surface area (TPSA) is 46.2 Å². The Bertz CT molecular complexity index is 434. The highest BCUT2D eigenvalue weighted by atomic mass is 16.2. The van der Waals surface area contributed by atoms with Crippen LogP contribution in [0.3, 0.4) is 0 Å². The highest BCUT2D eigenvalue weighted by Crippen LogP contribution is 2.24. The minimum atomic E-state index is -0.296. The number of hydrogen-bond donors (Lipinski definition) is 1. The maximum atomic E-state index is 11.5. The van der Waals surface area contributed by atoms with Crippen molar-refractivity contribution in [2.24, 2.45) is 5.92 Å². The molecule has 0 saturated carbocycles. The fourth-order valence-corrected chi connectivity index (χ4v) is 2.18. The van der Waals surface area contributed by atoms with Crippen LogP contribution in [0, 0.1) is 5.92 Å². The SMILES string of the molecule is CC(C)Cc1ccc(C2CC(=O)NC2=O)cc1. The molecule has 1 aromatic rings. The minimum absolute atomic E-state index is 0.174. The maximum Gasteiger partial charge on any atom is 0.234 e. The van der Waals surface area contributed by atoms with E-state index in [1.165, 1.54) is 5.56 Å². The summed E-state index contributed by atoms with van der Waals surface area (Å²) in [5.74, 6) is -0.0225. The van der Waals surface area contributed by atoms with Crippen LogP contribution in [-0.4, -0.2) is 11.8 Å². The first kappa shape index (κ1) is 11.8. The van der Waals surface area contributed by atoms with E-state index in [2.05, 4.69) is 19.2 Å². The van der Waals surface area contributed by atoms with E-state index in [1.54, 1.807) is 0 Å². The van der Waals surface area contributed by atoms with Crippen LogP contribution in [0.25, 0.3) is 0 Å². The van der Waals surface area contributed by atoms with Crippen molar-refractivity contribution in [3.8, 4) is 0 Å². The van der Waals surface area contributed by atoms with E-state index in [-0.39, 0.29) is 24.2 Å². The molecule has 90 valence electrons. The van der Waals surface area contributed by atoms with Gasteiger partial charge in [0.1, 0.15) is 0 Å². The van der Waals surface area contributed by atoms with Crippen LogP contribution in [0.1, 0.15) is 37.3 Å².